The molecule has 3 N–H and O–H groups in total. The van der Waals surface area contributed by atoms with Gasteiger partial charge in [0, 0.05) is 12.4 Å². The lowest BCUT2D eigenvalue weighted by molar-refractivity contribution is -0.119. The SMILES string of the molecule is NC(=O)C1N=CC=CN1. The summed E-state index contributed by atoms with van der Waals surface area (Å²) in [6.07, 6.45) is 4.28. The van der Waals surface area contributed by atoms with E-state index in [1.165, 1.54) is 6.21 Å². The summed E-state index contributed by atoms with van der Waals surface area (Å²) in [7, 11) is 0. The molecule has 4 heteroatoms. The van der Waals surface area contributed by atoms with Gasteiger partial charge in [-0.1, -0.05) is 0 Å². The van der Waals surface area contributed by atoms with E-state index >= 15 is 0 Å². The first-order valence-corrected chi connectivity index (χ1v) is 2.54. The Morgan fingerprint density at radius 2 is 2.56 bits per heavy atom. The smallest absolute Gasteiger partial charge is 0.262 e. The molecule has 0 saturated carbocycles. The van der Waals surface area contributed by atoms with Crippen molar-refractivity contribution in [3.05, 3.63) is 12.3 Å². The fourth-order valence-electron chi connectivity index (χ4n) is 0.524. The molecule has 0 saturated heterocycles. The molecule has 0 aliphatic carbocycles. The molecule has 1 amide bonds. The van der Waals surface area contributed by atoms with Crippen LogP contribution in [0.4, 0.5) is 0 Å². The highest BCUT2D eigenvalue weighted by Crippen LogP contribution is 1.87. The average Bonchev–Trinajstić information content (AvgIpc) is 1.90. The van der Waals surface area contributed by atoms with Crippen LogP contribution < -0.4 is 11.1 Å². The number of allylic oxidation sites excluding steroid dienone is 1. The van der Waals surface area contributed by atoms with Gasteiger partial charge in [0.05, 0.1) is 0 Å². The van der Waals surface area contributed by atoms with Crippen molar-refractivity contribution in [3.8, 4) is 0 Å². The Balaban J connectivity index is 2.56. The van der Waals surface area contributed by atoms with E-state index in [2.05, 4.69) is 10.3 Å². The van der Waals surface area contributed by atoms with Gasteiger partial charge >= 0.3 is 0 Å². The molecule has 9 heavy (non-hydrogen) atoms. The normalized spacial score (nSPS) is 23.3. The van der Waals surface area contributed by atoms with E-state index in [0.29, 0.717) is 0 Å². The summed E-state index contributed by atoms with van der Waals surface area (Å²) < 4.78 is 0. The number of carbonyl (C=O) groups is 1. The summed E-state index contributed by atoms with van der Waals surface area (Å²) in [5.41, 5.74) is 4.92. The zero-order valence-corrected chi connectivity index (χ0v) is 4.74. The fraction of sp³-hybridized carbons (Fsp3) is 0.200. The minimum Gasteiger partial charge on any atom is -0.366 e. The molecule has 0 aromatic carbocycles. The van der Waals surface area contributed by atoms with Gasteiger partial charge in [-0.3, -0.25) is 9.79 Å². The Morgan fingerprint density at radius 1 is 1.78 bits per heavy atom. The number of nitrogens with zero attached hydrogens (tertiary/aromatic N) is 1. The molecule has 0 fully saturated rings. The number of hydrogen-bond acceptors (Lipinski definition) is 3. The third-order valence-electron chi connectivity index (χ3n) is 0.941. The number of aliphatic imine (C=N–C) groups is 1. The summed E-state index contributed by atoms with van der Waals surface area (Å²) in [6.45, 7) is 0. The lowest BCUT2D eigenvalue weighted by Gasteiger charge is -2.09. The van der Waals surface area contributed by atoms with Gasteiger partial charge in [0.2, 0.25) is 0 Å². The minimum atomic E-state index is -0.574. The largest absolute Gasteiger partial charge is 0.366 e. The van der Waals surface area contributed by atoms with E-state index in [-0.39, 0.29) is 0 Å². The van der Waals surface area contributed by atoms with Crippen molar-refractivity contribution in [2.24, 2.45) is 10.7 Å². The molecule has 1 rings (SSSR count). The first-order chi connectivity index (χ1) is 4.30. The van der Waals surface area contributed by atoms with Gasteiger partial charge in [-0.2, -0.15) is 0 Å². The van der Waals surface area contributed by atoms with Crippen LogP contribution in [-0.4, -0.2) is 18.3 Å². The van der Waals surface area contributed by atoms with Crippen LogP contribution in [0.1, 0.15) is 0 Å². The summed E-state index contributed by atoms with van der Waals surface area (Å²) in [6, 6.07) is 0. The van der Waals surface area contributed by atoms with Crippen molar-refractivity contribution in [1.29, 1.82) is 0 Å². The Kier molecular flexibility index (Phi) is 1.48. The molecule has 48 valence electrons. The lowest BCUT2D eigenvalue weighted by Crippen LogP contribution is -2.38. The summed E-state index contributed by atoms with van der Waals surface area (Å²) in [5.74, 6) is -0.462. The number of primary amides is 1. The van der Waals surface area contributed by atoms with E-state index in [1.807, 2.05) is 0 Å². The molecule has 0 bridgehead atoms. The zero-order chi connectivity index (χ0) is 6.69. The topological polar surface area (TPSA) is 67.5 Å². The molecule has 1 heterocycles. The van der Waals surface area contributed by atoms with Crippen molar-refractivity contribution in [2.75, 3.05) is 0 Å². The number of amides is 1. The predicted molar refractivity (Wildman–Crippen MR) is 33.8 cm³/mol. The van der Waals surface area contributed by atoms with Crippen LogP contribution in [0.15, 0.2) is 17.3 Å². The second kappa shape index (κ2) is 2.30. The molecule has 0 aromatic rings. The number of carbonyl (C=O) groups excluding carboxylic acids is 1. The Labute approximate surface area is 52.5 Å². The highest BCUT2D eigenvalue weighted by molar-refractivity contribution is 5.84. The first kappa shape index (κ1) is 5.81. The summed E-state index contributed by atoms with van der Waals surface area (Å²) >= 11 is 0. The van der Waals surface area contributed by atoms with Crippen LogP contribution in [0.5, 0.6) is 0 Å². The van der Waals surface area contributed by atoms with Crippen LogP contribution in [0.25, 0.3) is 0 Å². The quantitative estimate of drug-likeness (QED) is 0.471. The average molecular weight is 125 g/mol. The molecule has 1 atom stereocenters. The van der Waals surface area contributed by atoms with Gasteiger partial charge in [-0.15, -0.1) is 0 Å². The van der Waals surface area contributed by atoms with Gasteiger partial charge < -0.3 is 11.1 Å². The molecule has 4 nitrogen and oxygen atoms in total. The molecule has 1 aliphatic heterocycles. The van der Waals surface area contributed by atoms with Crippen LogP contribution >= 0.6 is 0 Å². The maximum Gasteiger partial charge on any atom is 0.262 e. The molecule has 1 aliphatic rings. The third kappa shape index (κ3) is 1.28. The predicted octanol–water partition coefficient (Wildman–Crippen LogP) is -1.01. The monoisotopic (exact) mass is 125 g/mol. The van der Waals surface area contributed by atoms with Gasteiger partial charge in [-0.25, -0.2) is 0 Å². The molecule has 1 unspecified atom stereocenters. The van der Waals surface area contributed by atoms with Crippen molar-refractivity contribution in [1.82, 2.24) is 5.32 Å². The highest BCUT2D eigenvalue weighted by Gasteiger charge is 2.10. The van der Waals surface area contributed by atoms with E-state index in [9.17, 15) is 4.79 Å². The fourth-order valence-corrected chi connectivity index (χ4v) is 0.524. The van der Waals surface area contributed by atoms with Gasteiger partial charge in [-0.05, 0) is 6.08 Å². The summed E-state index contributed by atoms with van der Waals surface area (Å²) in [5, 5.41) is 2.67. The van der Waals surface area contributed by atoms with E-state index < -0.39 is 12.1 Å². The van der Waals surface area contributed by atoms with E-state index in [4.69, 9.17) is 5.73 Å². The van der Waals surface area contributed by atoms with E-state index in [0.717, 1.165) is 0 Å². The van der Waals surface area contributed by atoms with E-state index in [1.54, 1.807) is 12.3 Å². The number of hydrogen-bond donors (Lipinski definition) is 2. The molecule has 0 radical (unpaired) electrons. The molecule has 0 spiro atoms. The Bertz CT molecular complexity index is 173. The van der Waals surface area contributed by atoms with Crippen molar-refractivity contribution in [3.63, 3.8) is 0 Å². The number of nitrogens with one attached hydrogen (secondary N) is 1. The van der Waals surface area contributed by atoms with Gasteiger partial charge in [0.25, 0.3) is 5.91 Å². The van der Waals surface area contributed by atoms with Gasteiger partial charge in [0.15, 0.2) is 6.17 Å². The number of rotatable bonds is 1. The zero-order valence-electron chi connectivity index (χ0n) is 4.74. The Hall–Kier alpha value is -1.32. The molecular formula is C5H7N3O. The molecular weight excluding hydrogens is 118 g/mol. The number of nitrogens with two attached hydrogens (primary N) is 1. The van der Waals surface area contributed by atoms with Crippen molar-refractivity contribution < 1.29 is 4.79 Å². The molecule has 0 aromatic heterocycles. The third-order valence-corrected chi connectivity index (χ3v) is 0.941. The second-order valence-corrected chi connectivity index (χ2v) is 1.63. The summed E-state index contributed by atoms with van der Waals surface area (Å²) in [4.78, 5) is 14.1. The first-order valence-electron chi connectivity index (χ1n) is 2.54. The van der Waals surface area contributed by atoms with Crippen LogP contribution in [-0.2, 0) is 4.79 Å². The Morgan fingerprint density at radius 3 is 2.89 bits per heavy atom. The highest BCUT2D eigenvalue weighted by atomic mass is 16.1. The maximum absolute atomic E-state index is 10.4. The standard InChI is InChI=1S/C5H7N3O/c6-4(9)5-7-2-1-3-8-5/h1-3,5,7H,(H2,6,9). The van der Waals surface area contributed by atoms with Crippen LogP contribution in [0.3, 0.4) is 0 Å². The second-order valence-electron chi connectivity index (χ2n) is 1.63. The van der Waals surface area contributed by atoms with Crippen molar-refractivity contribution in [2.45, 2.75) is 6.17 Å². The lowest BCUT2D eigenvalue weighted by atomic mass is 10.4. The maximum atomic E-state index is 10.4. The van der Waals surface area contributed by atoms with Gasteiger partial charge in [0.1, 0.15) is 0 Å². The van der Waals surface area contributed by atoms with Crippen LogP contribution in [0, 0.1) is 0 Å². The van der Waals surface area contributed by atoms with Crippen LogP contribution in [0.2, 0.25) is 0 Å². The minimum absolute atomic E-state index is 0.462. The van der Waals surface area contributed by atoms with Crippen molar-refractivity contribution >= 4 is 12.1 Å².